The van der Waals surface area contributed by atoms with E-state index in [0.29, 0.717) is 37.7 Å². The summed E-state index contributed by atoms with van der Waals surface area (Å²) in [5.74, 6) is 1.40. The summed E-state index contributed by atoms with van der Waals surface area (Å²) >= 11 is 0. The number of rotatable bonds is 4. The lowest BCUT2D eigenvalue weighted by Crippen LogP contribution is -2.35. The smallest absolute Gasteiger partial charge is 0.223 e. The van der Waals surface area contributed by atoms with Crippen molar-refractivity contribution in [2.24, 2.45) is 0 Å². The number of carbonyl (C=O) groups excluding carboxylic acids is 2. The lowest BCUT2D eigenvalue weighted by atomic mass is 10.1. The topological polar surface area (TPSA) is 79.5 Å². The van der Waals surface area contributed by atoms with Gasteiger partial charge in [-0.05, 0) is 24.5 Å². The molecule has 0 saturated carbocycles. The third-order valence-corrected chi connectivity index (χ3v) is 5.72. The van der Waals surface area contributed by atoms with Crippen LogP contribution in [-0.2, 0) is 22.6 Å². The number of anilines is 1. The lowest BCUT2D eigenvalue weighted by molar-refractivity contribution is -0.132. The maximum atomic E-state index is 13.1. The summed E-state index contributed by atoms with van der Waals surface area (Å²) in [6, 6.07) is 7.92. The van der Waals surface area contributed by atoms with E-state index >= 15 is 0 Å². The van der Waals surface area contributed by atoms with Crippen LogP contribution in [0.5, 0.6) is 0 Å². The summed E-state index contributed by atoms with van der Waals surface area (Å²) in [6.07, 6.45) is 6.06. The SMILES string of the molecule is CC(=O)N1CCCCCCCN(C(=O)CCc2nnc(C(C)C)o2)Cc2ccccc21. The van der Waals surface area contributed by atoms with Crippen molar-refractivity contribution in [1.82, 2.24) is 15.1 Å². The van der Waals surface area contributed by atoms with Gasteiger partial charge < -0.3 is 14.2 Å². The number of nitrogens with zero attached hydrogens (tertiary/aromatic N) is 4. The molecule has 1 aliphatic heterocycles. The molecule has 3 rings (SSSR count). The fourth-order valence-electron chi connectivity index (χ4n) is 3.93. The molecule has 2 amide bonds. The average molecular weight is 427 g/mol. The van der Waals surface area contributed by atoms with Crippen LogP contribution in [0.4, 0.5) is 5.69 Å². The second-order valence-corrected chi connectivity index (χ2v) is 8.57. The van der Waals surface area contributed by atoms with Crippen LogP contribution in [0.1, 0.15) is 82.6 Å². The molecule has 1 aliphatic rings. The zero-order valence-corrected chi connectivity index (χ0v) is 19.0. The highest BCUT2D eigenvalue weighted by molar-refractivity contribution is 5.92. The molecule has 7 nitrogen and oxygen atoms in total. The summed E-state index contributed by atoms with van der Waals surface area (Å²) in [6.45, 7) is 7.55. The normalized spacial score (nSPS) is 15.9. The van der Waals surface area contributed by atoms with Gasteiger partial charge in [-0.3, -0.25) is 9.59 Å². The van der Waals surface area contributed by atoms with Gasteiger partial charge in [0.1, 0.15) is 0 Å². The van der Waals surface area contributed by atoms with Gasteiger partial charge >= 0.3 is 0 Å². The van der Waals surface area contributed by atoms with Gasteiger partial charge in [0.05, 0.1) is 0 Å². The van der Waals surface area contributed by atoms with Gasteiger partial charge in [0.25, 0.3) is 0 Å². The molecule has 168 valence electrons. The molecular weight excluding hydrogens is 392 g/mol. The molecule has 0 spiro atoms. The second kappa shape index (κ2) is 11.1. The molecule has 0 atom stereocenters. The van der Waals surface area contributed by atoms with Crippen molar-refractivity contribution < 1.29 is 14.0 Å². The molecule has 31 heavy (non-hydrogen) atoms. The first-order chi connectivity index (χ1) is 15.0. The maximum Gasteiger partial charge on any atom is 0.223 e. The Morgan fingerprint density at radius 1 is 1.03 bits per heavy atom. The fraction of sp³-hybridized carbons (Fsp3) is 0.583. The molecule has 0 fully saturated rings. The Labute approximate surface area is 184 Å². The van der Waals surface area contributed by atoms with E-state index in [2.05, 4.69) is 10.2 Å². The van der Waals surface area contributed by atoms with Crippen molar-refractivity contribution in [2.75, 3.05) is 18.0 Å². The predicted molar refractivity (Wildman–Crippen MR) is 120 cm³/mol. The minimum atomic E-state index is 0.0414. The van der Waals surface area contributed by atoms with Gasteiger partial charge in [-0.15, -0.1) is 10.2 Å². The molecule has 2 aromatic rings. The van der Waals surface area contributed by atoms with Gasteiger partial charge in [0, 0.05) is 51.0 Å². The van der Waals surface area contributed by atoms with Crippen LogP contribution in [0.25, 0.3) is 0 Å². The molecule has 1 aromatic carbocycles. The third-order valence-electron chi connectivity index (χ3n) is 5.72. The van der Waals surface area contributed by atoms with Crippen molar-refractivity contribution in [3.63, 3.8) is 0 Å². The van der Waals surface area contributed by atoms with E-state index in [1.54, 1.807) is 6.92 Å². The van der Waals surface area contributed by atoms with Crippen molar-refractivity contribution >= 4 is 17.5 Å². The molecule has 0 N–H and O–H groups in total. The minimum Gasteiger partial charge on any atom is -0.425 e. The number of carbonyl (C=O) groups is 2. The Hall–Kier alpha value is -2.70. The van der Waals surface area contributed by atoms with Crippen LogP contribution in [0.2, 0.25) is 0 Å². The molecule has 0 radical (unpaired) electrons. The zero-order valence-electron chi connectivity index (χ0n) is 19.0. The van der Waals surface area contributed by atoms with Crippen molar-refractivity contribution in [3.05, 3.63) is 41.6 Å². The van der Waals surface area contributed by atoms with Gasteiger partial charge in [0.15, 0.2) is 0 Å². The summed E-state index contributed by atoms with van der Waals surface area (Å²) in [5, 5.41) is 8.12. The Morgan fingerprint density at radius 3 is 2.45 bits per heavy atom. The highest BCUT2D eigenvalue weighted by atomic mass is 16.4. The number of hydrogen-bond donors (Lipinski definition) is 0. The van der Waals surface area contributed by atoms with E-state index in [4.69, 9.17) is 4.42 Å². The molecule has 0 aliphatic carbocycles. The number of benzene rings is 1. The number of aromatic nitrogens is 2. The van der Waals surface area contributed by atoms with Crippen molar-refractivity contribution in [1.29, 1.82) is 0 Å². The first-order valence-corrected chi connectivity index (χ1v) is 11.4. The van der Waals surface area contributed by atoms with E-state index in [1.807, 2.05) is 47.9 Å². The average Bonchev–Trinajstić information content (AvgIpc) is 3.22. The molecule has 7 heteroatoms. The van der Waals surface area contributed by atoms with Gasteiger partial charge in [-0.25, -0.2) is 0 Å². The standard InChI is InChI=1S/C24H34N4O3/c1-18(2)24-26-25-22(31-24)13-14-23(30)27-15-9-5-4-6-10-16-28(19(3)29)21-12-8-7-11-20(21)17-27/h7-8,11-12,18H,4-6,9-10,13-17H2,1-3H3. The highest BCUT2D eigenvalue weighted by Crippen LogP contribution is 2.25. The maximum absolute atomic E-state index is 13.1. The number of aryl methyl sites for hydroxylation is 1. The van der Waals surface area contributed by atoms with Gasteiger partial charge in [-0.2, -0.15) is 0 Å². The summed E-state index contributed by atoms with van der Waals surface area (Å²) < 4.78 is 5.65. The Kier molecular flexibility index (Phi) is 8.20. The number of fused-ring (bicyclic) bond motifs is 1. The minimum absolute atomic E-state index is 0.0414. The Bertz CT molecular complexity index is 877. The summed E-state index contributed by atoms with van der Waals surface area (Å²) in [5.41, 5.74) is 1.92. The molecule has 0 unspecified atom stereocenters. The first-order valence-electron chi connectivity index (χ1n) is 11.4. The van der Waals surface area contributed by atoms with Crippen LogP contribution < -0.4 is 4.90 Å². The second-order valence-electron chi connectivity index (χ2n) is 8.57. The van der Waals surface area contributed by atoms with Crippen molar-refractivity contribution in [2.45, 2.75) is 78.2 Å². The molecule has 1 aromatic heterocycles. The van der Waals surface area contributed by atoms with Crippen LogP contribution in [0, 0.1) is 0 Å². The first kappa shape index (κ1) is 23.0. The lowest BCUT2D eigenvalue weighted by Gasteiger charge is -2.29. The number of para-hydroxylation sites is 1. The quantitative estimate of drug-likeness (QED) is 0.721. The van der Waals surface area contributed by atoms with Crippen LogP contribution in [-0.4, -0.2) is 40.0 Å². The van der Waals surface area contributed by atoms with Crippen LogP contribution >= 0.6 is 0 Å². The summed E-state index contributed by atoms with van der Waals surface area (Å²) in [4.78, 5) is 29.2. The van der Waals surface area contributed by atoms with Gasteiger partial charge in [0.2, 0.25) is 23.6 Å². The zero-order chi connectivity index (χ0) is 22.2. The molecule has 2 heterocycles. The third kappa shape index (κ3) is 6.39. The summed E-state index contributed by atoms with van der Waals surface area (Å²) in [7, 11) is 0. The van der Waals surface area contributed by atoms with E-state index in [9.17, 15) is 9.59 Å². The van der Waals surface area contributed by atoms with Crippen LogP contribution in [0.15, 0.2) is 28.7 Å². The number of amides is 2. The van der Waals surface area contributed by atoms with Crippen LogP contribution in [0.3, 0.4) is 0 Å². The van der Waals surface area contributed by atoms with E-state index < -0.39 is 0 Å². The van der Waals surface area contributed by atoms with E-state index in [0.717, 1.165) is 49.9 Å². The number of hydrogen-bond acceptors (Lipinski definition) is 5. The monoisotopic (exact) mass is 426 g/mol. The van der Waals surface area contributed by atoms with Gasteiger partial charge in [-0.1, -0.05) is 51.3 Å². The van der Waals surface area contributed by atoms with E-state index in [1.165, 1.54) is 0 Å². The van der Waals surface area contributed by atoms with E-state index in [-0.39, 0.29) is 17.7 Å². The predicted octanol–water partition coefficient (Wildman–Crippen LogP) is 4.47. The Morgan fingerprint density at radius 2 is 1.74 bits per heavy atom. The highest BCUT2D eigenvalue weighted by Gasteiger charge is 2.21. The van der Waals surface area contributed by atoms with Crippen molar-refractivity contribution in [3.8, 4) is 0 Å². The largest absolute Gasteiger partial charge is 0.425 e. The molecule has 0 bridgehead atoms. The molecule has 0 saturated heterocycles. The molecular formula is C24H34N4O3. The Balaban J connectivity index is 1.75. The fourth-order valence-corrected chi connectivity index (χ4v) is 3.93.